The Morgan fingerprint density at radius 2 is 2.11 bits per heavy atom. The van der Waals surface area contributed by atoms with Crippen molar-refractivity contribution in [2.24, 2.45) is 5.73 Å². The van der Waals surface area contributed by atoms with Gasteiger partial charge in [-0.25, -0.2) is 0 Å². The SMILES string of the molecule is CCOc1ccc(N2CC(C)NC(=O)C2CN)cc1. The molecule has 1 aromatic carbocycles. The Kier molecular flexibility index (Phi) is 4.27. The van der Waals surface area contributed by atoms with Gasteiger partial charge in [0.15, 0.2) is 0 Å². The Bertz CT molecular complexity index is 433. The van der Waals surface area contributed by atoms with Gasteiger partial charge in [0.1, 0.15) is 11.8 Å². The van der Waals surface area contributed by atoms with Crippen molar-refractivity contribution in [3.8, 4) is 5.75 Å². The van der Waals surface area contributed by atoms with E-state index in [-0.39, 0.29) is 18.0 Å². The van der Waals surface area contributed by atoms with E-state index in [4.69, 9.17) is 10.5 Å². The molecule has 0 aliphatic carbocycles. The second-order valence-electron chi connectivity index (χ2n) is 4.74. The number of carbonyl (C=O) groups is 1. The third kappa shape index (κ3) is 2.98. The van der Waals surface area contributed by atoms with Crippen LogP contribution in [0, 0.1) is 0 Å². The lowest BCUT2D eigenvalue weighted by Crippen LogP contribution is -2.61. The molecule has 2 rings (SSSR count). The number of hydrogen-bond acceptors (Lipinski definition) is 4. The number of amides is 1. The fourth-order valence-electron chi connectivity index (χ4n) is 2.37. The number of anilines is 1. The summed E-state index contributed by atoms with van der Waals surface area (Å²) in [6.45, 7) is 5.67. The second-order valence-corrected chi connectivity index (χ2v) is 4.74. The van der Waals surface area contributed by atoms with Gasteiger partial charge in [-0.2, -0.15) is 0 Å². The fourth-order valence-corrected chi connectivity index (χ4v) is 2.37. The van der Waals surface area contributed by atoms with Gasteiger partial charge in [0, 0.05) is 24.8 Å². The van der Waals surface area contributed by atoms with Crippen molar-refractivity contribution >= 4 is 11.6 Å². The third-order valence-corrected chi connectivity index (χ3v) is 3.24. The minimum absolute atomic E-state index is 0.00450. The molecule has 0 radical (unpaired) electrons. The molecule has 0 spiro atoms. The third-order valence-electron chi connectivity index (χ3n) is 3.24. The van der Waals surface area contributed by atoms with E-state index in [0.717, 1.165) is 18.0 Å². The summed E-state index contributed by atoms with van der Waals surface area (Å²) in [6, 6.07) is 7.61. The van der Waals surface area contributed by atoms with Crippen LogP contribution in [0.2, 0.25) is 0 Å². The van der Waals surface area contributed by atoms with Gasteiger partial charge in [0.05, 0.1) is 6.61 Å². The van der Waals surface area contributed by atoms with E-state index in [1.165, 1.54) is 0 Å². The molecule has 2 atom stereocenters. The summed E-state index contributed by atoms with van der Waals surface area (Å²) in [5.74, 6) is 0.834. The normalized spacial score (nSPS) is 23.1. The molecule has 1 saturated heterocycles. The topological polar surface area (TPSA) is 67.6 Å². The Balaban J connectivity index is 2.19. The lowest BCUT2D eigenvalue weighted by Gasteiger charge is -2.39. The highest BCUT2D eigenvalue weighted by atomic mass is 16.5. The molecule has 5 nitrogen and oxygen atoms in total. The number of rotatable bonds is 4. The number of nitrogens with zero attached hydrogens (tertiary/aromatic N) is 1. The number of ether oxygens (including phenoxy) is 1. The summed E-state index contributed by atoms with van der Waals surface area (Å²) in [5, 5.41) is 2.93. The van der Waals surface area contributed by atoms with E-state index < -0.39 is 0 Å². The highest BCUT2D eigenvalue weighted by Crippen LogP contribution is 2.23. The summed E-state index contributed by atoms with van der Waals surface area (Å²) in [6.07, 6.45) is 0. The smallest absolute Gasteiger partial charge is 0.244 e. The van der Waals surface area contributed by atoms with Crippen LogP contribution in [0.3, 0.4) is 0 Å². The average molecular weight is 263 g/mol. The van der Waals surface area contributed by atoms with E-state index in [1.807, 2.05) is 38.1 Å². The standard InChI is InChI=1S/C14H21N3O2/c1-3-19-12-6-4-11(5-7-12)17-9-10(2)16-14(18)13(17)8-15/h4-7,10,13H,3,8-9,15H2,1-2H3,(H,16,18). The van der Waals surface area contributed by atoms with Crippen LogP contribution < -0.4 is 20.7 Å². The maximum atomic E-state index is 11.9. The zero-order chi connectivity index (χ0) is 13.8. The lowest BCUT2D eigenvalue weighted by atomic mass is 10.1. The van der Waals surface area contributed by atoms with Crippen LogP contribution >= 0.6 is 0 Å². The van der Waals surface area contributed by atoms with Crippen molar-refractivity contribution in [2.45, 2.75) is 25.9 Å². The summed E-state index contributed by atoms with van der Waals surface area (Å²) in [4.78, 5) is 14.0. The van der Waals surface area contributed by atoms with Gasteiger partial charge in [-0.3, -0.25) is 4.79 Å². The van der Waals surface area contributed by atoms with Crippen molar-refractivity contribution in [2.75, 3.05) is 24.6 Å². The summed E-state index contributed by atoms with van der Waals surface area (Å²) in [7, 11) is 0. The molecule has 2 unspecified atom stereocenters. The number of piperazine rings is 1. The first-order valence-electron chi connectivity index (χ1n) is 6.65. The Labute approximate surface area is 113 Å². The van der Waals surface area contributed by atoms with Gasteiger partial charge >= 0.3 is 0 Å². The molecule has 1 aromatic rings. The monoisotopic (exact) mass is 263 g/mol. The van der Waals surface area contributed by atoms with Gasteiger partial charge in [-0.05, 0) is 38.1 Å². The van der Waals surface area contributed by atoms with Gasteiger partial charge in [-0.1, -0.05) is 0 Å². The lowest BCUT2D eigenvalue weighted by molar-refractivity contribution is -0.123. The van der Waals surface area contributed by atoms with Crippen molar-refractivity contribution in [1.82, 2.24) is 5.32 Å². The van der Waals surface area contributed by atoms with Gasteiger partial charge < -0.3 is 20.7 Å². The van der Waals surface area contributed by atoms with E-state index >= 15 is 0 Å². The van der Waals surface area contributed by atoms with E-state index in [0.29, 0.717) is 13.2 Å². The molecule has 0 aromatic heterocycles. The number of nitrogens with one attached hydrogen (secondary N) is 1. The number of hydrogen-bond donors (Lipinski definition) is 2. The van der Waals surface area contributed by atoms with Crippen molar-refractivity contribution in [3.63, 3.8) is 0 Å². The maximum Gasteiger partial charge on any atom is 0.244 e. The molecule has 3 N–H and O–H groups in total. The van der Waals surface area contributed by atoms with Crippen molar-refractivity contribution in [3.05, 3.63) is 24.3 Å². The minimum Gasteiger partial charge on any atom is -0.494 e. The van der Waals surface area contributed by atoms with Gasteiger partial charge in [0.25, 0.3) is 0 Å². The second kappa shape index (κ2) is 5.93. The van der Waals surface area contributed by atoms with Crippen LogP contribution in [-0.4, -0.2) is 37.7 Å². The van der Waals surface area contributed by atoms with E-state index in [9.17, 15) is 4.79 Å². The number of benzene rings is 1. The van der Waals surface area contributed by atoms with Crippen molar-refractivity contribution < 1.29 is 9.53 Å². The Hall–Kier alpha value is -1.75. The molecule has 0 saturated carbocycles. The van der Waals surface area contributed by atoms with Crippen LogP contribution in [0.4, 0.5) is 5.69 Å². The largest absolute Gasteiger partial charge is 0.494 e. The molecule has 19 heavy (non-hydrogen) atoms. The summed E-state index contributed by atoms with van der Waals surface area (Å²) in [5.41, 5.74) is 6.72. The molecule has 0 bridgehead atoms. The predicted molar refractivity (Wildman–Crippen MR) is 75.4 cm³/mol. The molecule has 1 aliphatic heterocycles. The Morgan fingerprint density at radius 3 is 2.68 bits per heavy atom. The molecular formula is C14H21N3O2. The molecule has 1 amide bonds. The first kappa shape index (κ1) is 13.7. The van der Waals surface area contributed by atoms with Crippen LogP contribution in [0.25, 0.3) is 0 Å². The molecule has 5 heteroatoms. The number of carbonyl (C=O) groups excluding carboxylic acids is 1. The van der Waals surface area contributed by atoms with Crippen LogP contribution in [0.5, 0.6) is 5.75 Å². The Morgan fingerprint density at radius 1 is 1.42 bits per heavy atom. The molecule has 1 aliphatic rings. The van der Waals surface area contributed by atoms with Crippen molar-refractivity contribution in [1.29, 1.82) is 0 Å². The summed E-state index contributed by atoms with van der Waals surface area (Å²) >= 11 is 0. The van der Waals surface area contributed by atoms with Crippen LogP contribution in [0.15, 0.2) is 24.3 Å². The fraction of sp³-hybridized carbons (Fsp3) is 0.500. The zero-order valence-electron chi connectivity index (χ0n) is 11.4. The molecular weight excluding hydrogens is 242 g/mol. The van der Waals surface area contributed by atoms with E-state index in [2.05, 4.69) is 10.2 Å². The first-order valence-corrected chi connectivity index (χ1v) is 6.65. The minimum atomic E-state index is -0.297. The predicted octanol–water partition coefficient (Wildman–Crippen LogP) is 0.737. The number of nitrogens with two attached hydrogens (primary N) is 1. The maximum absolute atomic E-state index is 11.9. The van der Waals surface area contributed by atoms with Gasteiger partial charge in [0.2, 0.25) is 5.91 Å². The quantitative estimate of drug-likeness (QED) is 0.840. The highest BCUT2D eigenvalue weighted by molar-refractivity contribution is 5.87. The van der Waals surface area contributed by atoms with Crippen LogP contribution in [0.1, 0.15) is 13.8 Å². The molecule has 104 valence electrons. The zero-order valence-corrected chi connectivity index (χ0v) is 11.4. The van der Waals surface area contributed by atoms with Crippen LogP contribution in [-0.2, 0) is 4.79 Å². The molecule has 1 fully saturated rings. The highest BCUT2D eigenvalue weighted by Gasteiger charge is 2.31. The summed E-state index contributed by atoms with van der Waals surface area (Å²) < 4.78 is 5.42. The average Bonchev–Trinajstić information content (AvgIpc) is 2.39. The first-order chi connectivity index (χ1) is 9.15. The molecule has 1 heterocycles. The van der Waals surface area contributed by atoms with Gasteiger partial charge in [-0.15, -0.1) is 0 Å². The van der Waals surface area contributed by atoms with E-state index in [1.54, 1.807) is 0 Å².